The van der Waals surface area contributed by atoms with Crippen LogP contribution in [-0.4, -0.2) is 52.8 Å². The van der Waals surface area contributed by atoms with Gasteiger partial charge in [-0.15, -0.1) is 0 Å². The van der Waals surface area contributed by atoms with Crippen LogP contribution in [0.4, 0.5) is 0 Å². The maximum absolute atomic E-state index is 13.8. The van der Waals surface area contributed by atoms with E-state index in [9.17, 15) is 14.4 Å². The van der Waals surface area contributed by atoms with Crippen LogP contribution in [0.25, 0.3) is 0 Å². The average Bonchev–Trinajstić information content (AvgIpc) is 2.85. The van der Waals surface area contributed by atoms with Gasteiger partial charge in [0.05, 0.1) is 40.6 Å². The molecule has 3 atom stereocenters. The highest BCUT2D eigenvalue weighted by Crippen LogP contribution is 2.48. The smallest absolute Gasteiger partial charge is 0.336 e. The van der Waals surface area contributed by atoms with E-state index in [1.54, 1.807) is 19.1 Å². The lowest BCUT2D eigenvalue weighted by Crippen LogP contribution is -2.43. The van der Waals surface area contributed by atoms with Crippen LogP contribution in [-0.2, 0) is 23.9 Å². The van der Waals surface area contributed by atoms with Crippen LogP contribution in [0.3, 0.4) is 0 Å². The number of benzene rings is 1. The van der Waals surface area contributed by atoms with Crippen molar-refractivity contribution >= 4 is 17.7 Å². The largest absolute Gasteiger partial charge is 0.493 e. The number of carbonyl (C=O) groups excluding carboxylic acids is 3. The summed E-state index contributed by atoms with van der Waals surface area (Å²) in [5.74, 6) is -2.44. The zero-order valence-electron chi connectivity index (χ0n) is 21.3. The summed E-state index contributed by atoms with van der Waals surface area (Å²) in [4.78, 5) is 39.6. The zero-order chi connectivity index (χ0) is 25.9. The van der Waals surface area contributed by atoms with Crippen molar-refractivity contribution in [1.29, 1.82) is 0 Å². The summed E-state index contributed by atoms with van der Waals surface area (Å²) >= 11 is 0. The Hall–Kier alpha value is -3.49. The number of allylic oxidation sites excluding steroid dienone is 3. The molecule has 35 heavy (non-hydrogen) atoms. The van der Waals surface area contributed by atoms with Crippen LogP contribution in [0.1, 0.15) is 45.1 Å². The highest BCUT2D eigenvalue weighted by atomic mass is 16.5. The minimum absolute atomic E-state index is 0.235. The van der Waals surface area contributed by atoms with E-state index in [1.807, 2.05) is 13.8 Å². The first-order chi connectivity index (χ1) is 16.7. The summed E-state index contributed by atoms with van der Waals surface area (Å²) in [6, 6.07) is 3.42. The van der Waals surface area contributed by atoms with Crippen molar-refractivity contribution in [3.8, 4) is 17.2 Å². The van der Waals surface area contributed by atoms with Gasteiger partial charge in [-0.25, -0.2) is 4.79 Å². The van der Waals surface area contributed by atoms with E-state index in [1.165, 1.54) is 28.4 Å². The molecule has 0 bridgehead atoms. The van der Waals surface area contributed by atoms with E-state index in [4.69, 9.17) is 23.7 Å². The van der Waals surface area contributed by atoms with Crippen LogP contribution >= 0.6 is 0 Å². The van der Waals surface area contributed by atoms with Crippen molar-refractivity contribution in [3.63, 3.8) is 0 Å². The van der Waals surface area contributed by atoms with Crippen molar-refractivity contribution in [2.45, 2.75) is 39.5 Å². The Kier molecular flexibility index (Phi) is 8.09. The molecule has 0 amide bonds. The van der Waals surface area contributed by atoms with Crippen molar-refractivity contribution in [1.82, 2.24) is 5.32 Å². The molecule has 2 aliphatic rings. The van der Waals surface area contributed by atoms with Gasteiger partial charge in [0.2, 0.25) is 5.75 Å². The number of hydrogen-bond acceptors (Lipinski definition) is 9. The third-order valence-corrected chi connectivity index (χ3v) is 6.42. The van der Waals surface area contributed by atoms with Crippen LogP contribution < -0.4 is 19.5 Å². The molecule has 0 saturated heterocycles. The molecule has 1 aromatic carbocycles. The summed E-state index contributed by atoms with van der Waals surface area (Å²) in [5, 5.41) is 3.24. The summed E-state index contributed by atoms with van der Waals surface area (Å²) in [6.45, 7) is 5.75. The number of esters is 2. The highest BCUT2D eigenvalue weighted by molar-refractivity contribution is 6.12. The number of rotatable bonds is 8. The van der Waals surface area contributed by atoms with E-state index < -0.39 is 23.8 Å². The van der Waals surface area contributed by atoms with E-state index >= 15 is 0 Å². The van der Waals surface area contributed by atoms with Crippen LogP contribution in [0, 0.1) is 11.8 Å². The number of ketones is 1. The fourth-order valence-electron chi connectivity index (χ4n) is 4.82. The van der Waals surface area contributed by atoms with Gasteiger partial charge in [-0.3, -0.25) is 9.59 Å². The third kappa shape index (κ3) is 4.72. The van der Waals surface area contributed by atoms with Crippen molar-refractivity contribution < 1.29 is 38.1 Å². The van der Waals surface area contributed by atoms with E-state index in [-0.39, 0.29) is 23.9 Å². The third-order valence-electron chi connectivity index (χ3n) is 6.42. The molecule has 1 aliphatic carbocycles. The first kappa shape index (κ1) is 26.1. The summed E-state index contributed by atoms with van der Waals surface area (Å²) < 4.78 is 26.9. The Morgan fingerprint density at radius 1 is 1.06 bits per heavy atom. The molecule has 1 aromatic rings. The SMILES string of the molecule is CCCOC(=O)C1=C(C)NC2=C(C(=O)[C@H](C(=O)OC)[C@H](C)C2)[C@@H]1c1cc(OC)c(OC)c(OC)c1. The Labute approximate surface area is 205 Å². The molecule has 1 heterocycles. The molecular weight excluding hydrogens is 454 g/mol. The average molecular weight is 488 g/mol. The van der Waals surface area contributed by atoms with E-state index in [2.05, 4.69) is 5.32 Å². The first-order valence-corrected chi connectivity index (χ1v) is 11.5. The van der Waals surface area contributed by atoms with Gasteiger partial charge in [-0.1, -0.05) is 13.8 Å². The van der Waals surface area contributed by atoms with Gasteiger partial charge >= 0.3 is 11.9 Å². The molecule has 1 N–H and O–H groups in total. The Bertz CT molecular complexity index is 1060. The second-order valence-corrected chi connectivity index (χ2v) is 8.63. The van der Waals surface area contributed by atoms with Gasteiger partial charge in [0.15, 0.2) is 17.3 Å². The lowest BCUT2D eigenvalue weighted by atomic mass is 9.69. The molecule has 0 unspecified atom stereocenters. The van der Waals surface area contributed by atoms with Gasteiger partial charge in [-0.2, -0.15) is 0 Å². The van der Waals surface area contributed by atoms with Gasteiger partial charge in [0.1, 0.15) is 5.92 Å². The molecule has 0 fully saturated rings. The van der Waals surface area contributed by atoms with Gasteiger partial charge in [0.25, 0.3) is 0 Å². The number of Topliss-reactive ketones (excluding diaryl/α,β-unsaturated/α-hetero) is 1. The van der Waals surface area contributed by atoms with Gasteiger partial charge in [-0.05, 0) is 43.4 Å². The Morgan fingerprint density at radius 2 is 1.69 bits per heavy atom. The zero-order valence-corrected chi connectivity index (χ0v) is 21.3. The summed E-state index contributed by atoms with van der Waals surface area (Å²) in [6.07, 6.45) is 1.09. The Morgan fingerprint density at radius 3 is 2.20 bits per heavy atom. The van der Waals surface area contributed by atoms with Crippen LogP contribution in [0.5, 0.6) is 17.2 Å². The predicted octanol–water partition coefficient (Wildman–Crippen LogP) is 3.28. The molecule has 9 heteroatoms. The van der Waals surface area contributed by atoms with Gasteiger partial charge in [0, 0.05) is 22.9 Å². The Balaban J connectivity index is 2.27. The minimum Gasteiger partial charge on any atom is -0.493 e. The summed E-state index contributed by atoms with van der Waals surface area (Å²) in [7, 11) is 5.74. The number of dihydropyridines is 1. The molecule has 1 aliphatic heterocycles. The van der Waals surface area contributed by atoms with Crippen molar-refractivity contribution in [2.75, 3.05) is 35.0 Å². The van der Waals surface area contributed by atoms with Gasteiger partial charge < -0.3 is 29.0 Å². The molecule has 0 aromatic heterocycles. The lowest BCUT2D eigenvalue weighted by Gasteiger charge is -2.38. The minimum atomic E-state index is -0.976. The van der Waals surface area contributed by atoms with Crippen molar-refractivity contribution in [3.05, 3.63) is 40.2 Å². The maximum atomic E-state index is 13.8. The number of methoxy groups -OCH3 is 4. The van der Waals surface area contributed by atoms with E-state index in [0.717, 1.165) is 0 Å². The molecule has 9 nitrogen and oxygen atoms in total. The molecule has 0 radical (unpaired) electrons. The molecule has 190 valence electrons. The lowest BCUT2D eigenvalue weighted by molar-refractivity contribution is -0.151. The normalized spacial score (nSPS) is 21.7. The number of ether oxygens (including phenoxy) is 5. The quantitative estimate of drug-likeness (QED) is 0.436. The van der Waals surface area contributed by atoms with Crippen LogP contribution in [0.15, 0.2) is 34.7 Å². The topological polar surface area (TPSA) is 109 Å². The predicted molar refractivity (Wildman–Crippen MR) is 127 cm³/mol. The molecule has 0 spiro atoms. The molecular formula is C26H33NO8. The fourth-order valence-corrected chi connectivity index (χ4v) is 4.82. The standard InChI is InChI=1S/C26H33NO8/c1-8-9-35-26(30)20-14(3)27-16-10-13(2)19(25(29)34-7)23(28)22(16)21(20)15-11-17(31-4)24(33-6)18(12-15)32-5/h11-13,19,21,27H,8-10H2,1-7H3/t13-,19-,21-/m1/s1. The molecule has 3 rings (SSSR count). The van der Waals surface area contributed by atoms with E-state index in [0.29, 0.717) is 52.6 Å². The second-order valence-electron chi connectivity index (χ2n) is 8.63. The maximum Gasteiger partial charge on any atom is 0.336 e. The number of carbonyl (C=O) groups is 3. The summed E-state index contributed by atoms with van der Waals surface area (Å²) in [5.41, 5.74) is 2.45. The highest BCUT2D eigenvalue weighted by Gasteiger charge is 2.47. The first-order valence-electron chi connectivity index (χ1n) is 11.5. The number of nitrogens with one attached hydrogen (secondary N) is 1. The monoisotopic (exact) mass is 487 g/mol. The second kappa shape index (κ2) is 10.8. The fraction of sp³-hybridized carbons (Fsp3) is 0.500. The van der Waals surface area contributed by atoms with Crippen molar-refractivity contribution in [2.24, 2.45) is 11.8 Å². The number of hydrogen-bond donors (Lipinski definition) is 1. The molecule has 0 saturated carbocycles. The van der Waals surface area contributed by atoms with Crippen LogP contribution in [0.2, 0.25) is 0 Å².